The molecule has 2 aromatic carbocycles. The van der Waals surface area contributed by atoms with Gasteiger partial charge >= 0.3 is 0 Å². The summed E-state index contributed by atoms with van der Waals surface area (Å²) in [4.78, 5) is 30.8. The lowest BCUT2D eigenvalue weighted by atomic mass is 9.97. The smallest absolute Gasteiger partial charge is 0.282 e. The third kappa shape index (κ3) is 3.77. The van der Waals surface area contributed by atoms with Gasteiger partial charge in [0.2, 0.25) is 0 Å². The molecule has 1 saturated heterocycles. The largest absolute Gasteiger partial charge is 0.372 e. The highest BCUT2D eigenvalue weighted by Crippen LogP contribution is 2.39. The average Bonchev–Trinajstić information content (AvgIpc) is 2.94. The van der Waals surface area contributed by atoms with Gasteiger partial charge in [-0.1, -0.05) is 41.4 Å². The van der Waals surface area contributed by atoms with E-state index in [0.29, 0.717) is 40.6 Å². The second-order valence-electron chi connectivity index (χ2n) is 8.53. The monoisotopic (exact) mass is 438 g/mol. The molecule has 0 aromatic heterocycles. The van der Waals surface area contributed by atoms with Crippen molar-refractivity contribution in [2.24, 2.45) is 0 Å². The van der Waals surface area contributed by atoms with E-state index in [-0.39, 0.29) is 24.0 Å². The van der Waals surface area contributed by atoms with Crippen molar-refractivity contribution >= 4 is 34.7 Å². The van der Waals surface area contributed by atoms with Crippen LogP contribution in [-0.2, 0) is 14.3 Å². The minimum absolute atomic E-state index is 0.0403. The molecule has 4 rings (SSSR count). The molecule has 162 valence electrons. The maximum Gasteiger partial charge on any atom is 0.282 e. The van der Waals surface area contributed by atoms with E-state index in [4.69, 9.17) is 16.3 Å². The molecule has 0 radical (unpaired) electrons. The lowest BCUT2D eigenvalue weighted by molar-refractivity contribution is -0.121. The number of ether oxygens (including phenoxy) is 1. The van der Waals surface area contributed by atoms with Crippen molar-refractivity contribution in [2.75, 3.05) is 18.0 Å². The van der Waals surface area contributed by atoms with Crippen LogP contribution in [0.25, 0.3) is 5.57 Å². The number of carbonyl (C=O) groups excluding carboxylic acids is 2. The van der Waals surface area contributed by atoms with Crippen LogP contribution in [0.4, 0.5) is 5.69 Å². The Morgan fingerprint density at radius 2 is 1.65 bits per heavy atom. The SMILES string of the molecule is Cc1ccc(C2=C(N3CC(C)OC(C)C3)C(=O)N(c3cccc(Cl)c3C)C2=O)c(C)c1. The maximum atomic E-state index is 13.8. The van der Waals surface area contributed by atoms with Crippen LogP contribution in [0.5, 0.6) is 0 Å². The van der Waals surface area contributed by atoms with Crippen LogP contribution < -0.4 is 4.90 Å². The zero-order valence-electron chi connectivity index (χ0n) is 18.5. The van der Waals surface area contributed by atoms with Crippen molar-refractivity contribution in [1.29, 1.82) is 0 Å². The molecule has 2 heterocycles. The predicted octanol–water partition coefficient (Wildman–Crippen LogP) is 4.66. The molecule has 1 fully saturated rings. The van der Waals surface area contributed by atoms with Crippen molar-refractivity contribution < 1.29 is 14.3 Å². The first-order chi connectivity index (χ1) is 14.7. The van der Waals surface area contributed by atoms with Crippen molar-refractivity contribution in [3.63, 3.8) is 0 Å². The van der Waals surface area contributed by atoms with E-state index in [1.54, 1.807) is 18.2 Å². The number of morpholine rings is 1. The summed E-state index contributed by atoms with van der Waals surface area (Å²) in [6.45, 7) is 10.9. The van der Waals surface area contributed by atoms with Crippen molar-refractivity contribution in [1.82, 2.24) is 4.90 Å². The zero-order valence-corrected chi connectivity index (χ0v) is 19.3. The number of halogens is 1. The molecular weight excluding hydrogens is 412 g/mol. The number of benzene rings is 2. The first kappa shape index (κ1) is 21.6. The number of carbonyl (C=O) groups is 2. The molecule has 2 amide bonds. The minimum atomic E-state index is -0.316. The summed E-state index contributed by atoms with van der Waals surface area (Å²) in [5.41, 5.74) is 4.98. The summed E-state index contributed by atoms with van der Waals surface area (Å²) < 4.78 is 5.87. The summed E-state index contributed by atoms with van der Waals surface area (Å²) in [6.07, 6.45) is -0.0806. The first-order valence-corrected chi connectivity index (χ1v) is 10.9. The van der Waals surface area contributed by atoms with Crippen molar-refractivity contribution in [3.05, 3.63) is 69.4 Å². The number of hydrogen-bond donors (Lipinski definition) is 0. The molecule has 2 unspecified atom stereocenters. The highest BCUT2D eigenvalue weighted by molar-refractivity contribution is 6.46. The second-order valence-corrected chi connectivity index (χ2v) is 8.94. The zero-order chi connectivity index (χ0) is 22.4. The van der Waals surface area contributed by atoms with E-state index in [9.17, 15) is 9.59 Å². The number of imide groups is 1. The number of aryl methyl sites for hydroxylation is 2. The Labute approximate surface area is 188 Å². The van der Waals surface area contributed by atoms with E-state index in [2.05, 4.69) is 0 Å². The molecule has 0 aliphatic carbocycles. The van der Waals surface area contributed by atoms with Gasteiger partial charge in [-0.25, -0.2) is 4.90 Å². The van der Waals surface area contributed by atoms with Gasteiger partial charge in [0.1, 0.15) is 5.70 Å². The molecule has 2 aliphatic rings. The molecule has 5 nitrogen and oxygen atoms in total. The van der Waals surface area contributed by atoms with Gasteiger partial charge in [0, 0.05) is 18.1 Å². The van der Waals surface area contributed by atoms with E-state index in [1.165, 1.54) is 4.90 Å². The summed E-state index contributed by atoms with van der Waals surface area (Å²) in [5.74, 6) is -0.629. The van der Waals surface area contributed by atoms with E-state index in [0.717, 1.165) is 16.7 Å². The predicted molar refractivity (Wildman–Crippen MR) is 123 cm³/mol. The summed E-state index contributed by atoms with van der Waals surface area (Å²) in [7, 11) is 0. The summed E-state index contributed by atoms with van der Waals surface area (Å²) in [5, 5.41) is 0.522. The molecule has 0 N–H and O–H groups in total. The van der Waals surface area contributed by atoms with E-state index < -0.39 is 0 Å². The third-order valence-corrected chi connectivity index (χ3v) is 6.34. The number of amides is 2. The van der Waals surface area contributed by atoms with Gasteiger partial charge in [0.05, 0.1) is 23.5 Å². The lowest BCUT2D eigenvalue weighted by Gasteiger charge is -2.37. The van der Waals surface area contributed by atoms with Crippen LogP contribution in [0.15, 0.2) is 42.1 Å². The van der Waals surface area contributed by atoms with E-state index in [1.807, 2.05) is 57.7 Å². The molecule has 31 heavy (non-hydrogen) atoms. The molecule has 0 bridgehead atoms. The lowest BCUT2D eigenvalue weighted by Crippen LogP contribution is -2.47. The Morgan fingerprint density at radius 3 is 2.29 bits per heavy atom. The van der Waals surface area contributed by atoms with Gasteiger partial charge < -0.3 is 9.64 Å². The van der Waals surface area contributed by atoms with Gasteiger partial charge in [-0.05, 0) is 63.4 Å². The second kappa shape index (κ2) is 8.13. The quantitative estimate of drug-likeness (QED) is 0.654. The number of nitrogens with zero attached hydrogens (tertiary/aromatic N) is 2. The van der Waals surface area contributed by atoms with Gasteiger partial charge in [-0.2, -0.15) is 0 Å². The van der Waals surface area contributed by atoms with Crippen LogP contribution >= 0.6 is 11.6 Å². The number of hydrogen-bond acceptors (Lipinski definition) is 4. The molecule has 6 heteroatoms. The molecule has 2 aromatic rings. The number of rotatable bonds is 3. The third-order valence-electron chi connectivity index (χ3n) is 5.93. The van der Waals surface area contributed by atoms with Crippen LogP contribution in [0.3, 0.4) is 0 Å². The van der Waals surface area contributed by atoms with Gasteiger partial charge in [-0.3, -0.25) is 9.59 Å². The molecule has 2 atom stereocenters. The Kier molecular flexibility index (Phi) is 5.67. The Hall–Kier alpha value is -2.63. The summed E-state index contributed by atoms with van der Waals surface area (Å²) >= 11 is 6.32. The molecule has 2 aliphatic heterocycles. The Bertz CT molecular complexity index is 1100. The minimum Gasteiger partial charge on any atom is -0.372 e. The topological polar surface area (TPSA) is 49.9 Å². The molecular formula is C25H27ClN2O3. The fourth-order valence-electron chi connectivity index (χ4n) is 4.57. The van der Waals surface area contributed by atoms with Gasteiger partial charge in [0.25, 0.3) is 11.8 Å². The fraction of sp³-hybridized carbons (Fsp3) is 0.360. The number of anilines is 1. The Morgan fingerprint density at radius 1 is 0.968 bits per heavy atom. The maximum absolute atomic E-state index is 13.8. The first-order valence-electron chi connectivity index (χ1n) is 10.5. The van der Waals surface area contributed by atoms with Gasteiger partial charge in [0.15, 0.2) is 0 Å². The van der Waals surface area contributed by atoms with Crippen LogP contribution in [0, 0.1) is 20.8 Å². The Balaban J connectivity index is 1.90. The normalized spacial score (nSPS) is 22.0. The van der Waals surface area contributed by atoms with Crippen molar-refractivity contribution in [3.8, 4) is 0 Å². The standard InChI is InChI=1S/C25H27ClN2O3/c1-14-9-10-19(15(2)11-14)22-23(27-12-16(3)31-17(4)13-27)25(30)28(24(22)29)21-8-6-7-20(26)18(21)5/h6-11,16-17H,12-13H2,1-5H3. The fourth-order valence-corrected chi connectivity index (χ4v) is 4.74. The average molecular weight is 439 g/mol. The molecule has 0 saturated carbocycles. The van der Waals surface area contributed by atoms with Crippen LogP contribution in [-0.4, -0.2) is 42.0 Å². The van der Waals surface area contributed by atoms with Gasteiger partial charge in [-0.15, -0.1) is 0 Å². The van der Waals surface area contributed by atoms with Crippen molar-refractivity contribution in [2.45, 2.75) is 46.8 Å². The summed E-state index contributed by atoms with van der Waals surface area (Å²) in [6, 6.07) is 11.2. The molecule has 0 spiro atoms. The highest BCUT2D eigenvalue weighted by atomic mass is 35.5. The highest BCUT2D eigenvalue weighted by Gasteiger charge is 2.44. The van der Waals surface area contributed by atoms with E-state index >= 15 is 0 Å². The van der Waals surface area contributed by atoms with Crippen LogP contribution in [0.1, 0.15) is 36.1 Å². The van der Waals surface area contributed by atoms with Crippen LogP contribution in [0.2, 0.25) is 5.02 Å².